The van der Waals surface area contributed by atoms with Gasteiger partial charge < -0.3 is 9.90 Å². The van der Waals surface area contributed by atoms with Crippen LogP contribution in [0.1, 0.15) is 21.5 Å². The van der Waals surface area contributed by atoms with Crippen LogP contribution in [-0.4, -0.2) is 21.2 Å². The number of rotatable bonds is 3. The van der Waals surface area contributed by atoms with E-state index < -0.39 is 5.97 Å². The Morgan fingerprint density at radius 3 is 2.83 bits per heavy atom. The van der Waals surface area contributed by atoms with E-state index in [0.717, 1.165) is 11.1 Å². The van der Waals surface area contributed by atoms with Gasteiger partial charge in [0.1, 0.15) is 0 Å². The molecule has 1 amide bonds. The molecule has 0 spiro atoms. The first kappa shape index (κ1) is 16.4. The minimum Gasteiger partial charge on any atom is -0.545 e. The fourth-order valence-corrected chi connectivity index (χ4v) is 3.55. The highest BCUT2D eigenvalue weighted by atomic mass is 32.2. The molecule has 1 aromatic heterocycles. The number of amides is 1. The highest BCUT2D eigenvalue weighted by Crippen LogP contribution is 2.37. The van der Waals surface area contributed by atoms with E-state index in [9.17, 15) is 14.7 Å². The predicted molar refractivity (Wildman–Crippen MR) is 95.4 cm³/mol. The average molecular weight is 355 g/mol. The van der Waals surface area contributed by atoms with Crippen molar-refractivity contribution in [3.05, 3.63) is 64.3 Å². The Morgan fingerprint density at radius 2 is 2.17 bits per heavy atom. The van der Waals surface area contributed by atoms with Gasteiger partial charge in [0.25, 0.3) is 5.91 Å². The highest BCUT2D eigenvalue weighted by molar-refractivity contribution is 8.27. The van der Waals surface area contributed by atoms with E-state index >= 15 is 0 Å². The molecule has 0 unspecified atom stereocenters. The number of carbonyl (C=O) groups excluding carboxylic acids is 2. The third-order valence-electron chi connectivity index (χ3n) is 3.46. The topological polar surface area (TPSA) is 73.3 Å². The molecule has 0 bridgehead atoms. The normalized spacial score (nSPS) is 16.0. The number of anilines is 1. The lowest BCUT2D eigenvalue weighted by Crippen LogP contribution is -2.29. The molecular formula is C17H11N2O3S2-. The molecule has 1 fully saturated rings. The fraction of sp³-hybridized carbons (Fsp3) is 0.0588. The van der Waals surface area contributed by atoms with Gasteiger partial charge >= 0.3 is 0 Å². The second-order valence-corrected chi connectivity index (χ2v) is 6.77. The number of pyridine rings is 1. The van der Waals surface area contributed by atoms with E-state index in [1.807, 2.05) is 6.07 Å². The lowest BCUT2D eigenvalue weighted by atomic mass is 10.1. The van der Waals surface area contributed by atoms with Gasteiger partial charge in [0.15, 0.2) is 4.32 Å². The second kappa shape index (κ2) is 6.54. The summed E-state index contributed by atoms with van der Waals surface area (Å²) in [4.78, 5) is 29.6. The Bertz CT molecular complexity index is 879. The largest absolute Gasteiger partial charge is 0.545 e. The first-order valence-electron chi connectivity index (χ1n) is 6.97. The molecule has 0 N–H and O–H groups in total. The van der Waals surface area contributed by atoms with Crippen molar-refractivity contribution in [3.8, 4) is 0 Å². The lowest BCUT2D eigenvalue weighted by molar-refractivity contribution is -0.255. The number of thioether (sulfide) groups is 1. The minimum absolute atomic E-state index is 0.000823. The SMILES string of the molecule is Cc1ccc(C(=O)[O-])cc1N1C(=O)/C(=C/c2cccnc2)SC1=S. The summed E-state index contributed by atoms with van der Waals surface area (Å²) in [6, 6.07) is 8.09. The number of aromatic nitrogens is 1. The third kappa shape index (κ3) is 3.08. The van der Waals surface area contributed by atoms with Gasteiger partial charge in [-0.25, -0.2) is 0 Å². The molecule has 3 rings (SSSR count). The number of hydrogen-bond acceptors (Lipinski definition) is 6. The molecule has 24 heavy (non-hydrogen) atoms. The highest BCUT2D eigenvalue weighted by Gasteiger charge is 2.34. The predicted octanol–water partition coefficient (Wildman–Crippen LogP) is 2.16. The van der Waals surface area contributed by atoms with Crippen molar-refractivity contribution in [2.24, 2.45) is 0 Å². The Balaban J connectivity index is 2.00. The maximum Gasteiger partial charge on any atom is 0.270 e. The van der Waals surface area contributed by atoms with Crippen molar-refractivity contribution >= 4 is 51.9 Å². The van der Waals surface area contributed by atoms with E-state index in [0.29, 0.717) is 14.9 Å². The van der Waals surface area contributed by atoms with Crippen molar-refractivity contribution in [2.75, 3.05) is 4.90 Å². The molecule has 2 aromatic rings. The van der Waals surface area contributed by atoms with Crippen LogP contribution in [-0.2, 0) is 4.79 Å². The van der Waals surface area contributed by atoms with Crippen molar-refractivity contribution in [1.29, 1.82) is 0 Å². The van der Waals surface area contributed by atoms with Gasteiger partial charge in [-0.2, -0.15) is 0 Å². The molecule has 2 heterocycles. The van der Waals surface area contributed by atoms with Crippen LogP contribution < -0.4 is 10.0 Å². The fourth-order valence-electron chi connectivity index (χ4n) is 2.27. The molecule has 1 aliphatic heterocycles. The number of carboxylic acids is 1. The van der Waals surface area contributed by atoms with Gasteiger partial charge in [-0.05, 0) is 41.8 Å². The number of aryl methyl sites for hydroxylation is 1. The molecule has 0 saturated carbocycles. The summed E-state index contributed by atoms with van der Waals surface area (Å²) < 4.78 is 0.355. The molecule has 120 valence electrons. The summed E-state index contributed by atoms with van der Waals surface area (Å²) in [5, 5.41) is 11.1. The number of benzene rings is 1. The molecule has 1 aromatic carbocycles. The van der Waals surface area contributed by atoms with Crippen LogP contribution >= 0.6 is 24.0 Å². The zero-order valence-electron chi connectivity index (χ0n) is 12.6. The van der Waals surface area contributed by atoms with Crippen LogP contribution in [0.3, 0.4) is 0 Å². The Kier molecular flexibility index (Phi) is 4.46. The van der Waals surface area contributed by atoms with Gasteiger partial charge in [-0.15, -0.1) is 0 Å². The van der Waals surface area contributed by atoms with E-state index in [1.165, 1.54) is 28.8 Å². The van der Waals surface area contributed by atoms with Crippen LogP contribution in [0.15, 0.2) is 47.6 Å². The third-order valence-corrected chi connectivity index (χ3v) is 4.76. The maximum absolute atomic E-state index is 12.7. The summed E-state index contributed by atoms with van der Waals surface area (Å²) in [7, 11) is 0. The van der Waals surface area contributed by atoms with Gasteiger partial charge in [0, 0.05) is 12.4 Å². The lowest BCUT2D eigenvalue weighted by Gasteiger charge is -2.18. The molecule has 1 saturated heterocycles. The molecule has 1 aliphatic rings. The first-order chi connectivity index (χ1) is 11.5. The van der Waals surface area contributed by atoms with Crippen LogP contribution in [0.5, 0.6) is 0 Å². The van der Waals surface area contributed by atoms with Crippen LogP contribution in [0, 0.1) is 6.92 Å². The quantitative estimate of drug-likeness (QED) is 0.620. The monoisotopic (exact) mass is 355 g/mol. The smallest absolute Gasteiger partial charge is 0.270 e. The molecule has 0 atom stereocenters. The van der Waals surface area contributed by atoms with Crippen molar-refractivity contribution in [2.45, 2.75) is 6.92 Å². The van der Waals surface area contributed by atoms with Crippen molar-refractivity contribution in [1.82, 2.24) is 4.98 Å². The number of thiocarbonyl (C=S) groups is 1. The van der Waals surface area contributed by atoms with E-state index in [2.05, 4.69) is 4.98 Å². The number of nitrogens with zero attached hydrogens (tertiary/aromatic N) is 2. The standard InChI is InChI=1S/C17H12N2O3S2/c1-10-4-5-12(16(21)22)8-13(10)19-15(20)14(24-17(19)23)7-11-3-2-6-18-9-11/h2-9H,1H3,(H,21,22)/p-1/b14-7-. The van der Waals surface area contributed by atoms with Gasteiger partial charge in [-0.3, -0.25) is 14.7 Å². The molecule has 5 nitrogen and oxygen atoms in total. The molecule has 0 aliphatic carbocycles. The number of carbonyl (C=O) groups is 2. The number of aromatic carboxylic acids is 1. The summed E-state index contributed by atoms with van der Waals surface area (Å²) in [5.74, 6) is -1.58. The zero-order chi connectivity index (χ0) is 17.3. The average Bonchev–Trinajstić information content (AvgIpc) is 2.83. The number of hydrogen-bond donors (Lipinski definition) is 0. The van der Waals surface area contributed by atoms with Crippen molar-refractivity contribution < 1.29 is 14.7 Å². The Hall–Kier alpha value is -2.51. The molecule has 0 radical (unpaired) electrons. The van der Waals surface area contributed by atoms with Gasteiger partial charge in [-0.1, -0.05) is 42.2 Å². The Morgan fingerprint density at radius 1 is 1.38 bits per heavy atom. The molecule has 7 heteroatoms. The zero-order valence-corrected chi connectivity index (χ0v) is 14.2. The van der Waals surface area contributed by atoms with E-state index in [-0.39, 0.29) is 11.5 Å². The van der Waals surface area contributed by atoms with Gasteiger partial charge in [0.05, 0.1) is 16.6 Å². The van der Waals surface area contributed by atoms with E-state index in [1.54, 1.807) is 37.5 Å². The van der Waals surface area contributed by atoms with Gasteiger partial charge in [0.2, 0.25) is 0 Å². The van der Waals surface area contributed by atoms with Crippen LogP contribution in [0.4, 0.5) is 5.69 Å². The summed E-state index contributed by atoms with van der Waals surface area (Å²) in [6.45, 7) is 1.79. The number of carboxylic acid groups (broad SMARTS) is 1. The van der Waals surface area contributed by atoms with Crippen LogP contribution in [0.2, 0.25) is 0 Å². The first-order valence-corrected chi connectivity index (χ1v) is 8.20. The minimum atomic E-state index is -1.30. The van der Waals surface area contributed by atoms with Crippen LogP contribution in [0.25, 0.3) is 6.08 Å². The summed E-state index contributed by atoms with van der Waals surface area (Å²) in [6.07, 6.45) is 5.01. The summed E-state index contributed by atoms with van der Waals surface area (Å²) >= 11 is 6.48. The maximum atomic E-state index is 12.7. The summed E-state index contributed by atoms with van der Waals surface area (Å²) in [5.41, 5.74) is 1.99. The Labute approximate surface area is 148 Å². The molecular weight excluding hydrogens is 344 g/mol. The second-order valence-electron chi connectivity index (χ2n) is 5.09. The van der Waals surface area contributed by atoms with E-state index in [4.69, 9.17) is 12.2 Å². The van der Waals surface area contributed by atoms with Crippen molar-refractivity contribution in [3.63, 3.8) is 0 Å².